The van der Waals surface area contributed by atoms with E-state index in [2.05, 4.69) is 9.88 Å². The van der Waals surface area contributed by atoms with E-state index in [9.17, 15) is 4.79 Å². The molecule has 3 rings (SSSR count). The molecule has 1 aliphatic rings. The van der Waals surface area contributed by atoms with Crippen molar-refractivity contribution >= 4 is 17.3 Å². The predicted molar refractivity (Wildman–Crippen MR) is 84.2 cm³/mol. The highest BCUT2D eigenvalue weighted by molar-refractivity contribution is 5.72. The van der Waals surface area contributed by atoms with E-state index in [1.165, 1.54) is 0 Å². The Kier molecular flexibility index (Phi) is 4.29. The Bertz CT molecular complexity index is 659. The van der Waals surface area contributed by atoms with Crippen LogP contribution in [0.2, 0.25) is 0 Å². The number of carbonyl (C=O) groups is 1. The summed E-state index contributed by atoms with van der Waals surface area (Å²) in [6.07, 6.45) is 5.52. The van der Waals surface area contributed by atoms with Gasteiger partial charge in [-0.15, -0.1) is 0 Å². The lowest BCUT2D eigenvalue weighted by atomic mass is 9.97. The number of hydrogen-bond donors (Lipinski definition) is 1. The van der Waals surface area contributed by atoms with Crippen LogP contribution in [0, 0.1) is 5.92 Å². The van der Waals surface area contributed by atoms with Crippen LogP contribution in [0.1, 0.15) is 25.5 Å². The van der Waals surface area contributed by atoms with Crippen molar-refractivity contribution in [3.8, 4) is 0 Å². The number of aromatic nitrogens is 2. The number of likely N-dealkylation sites (tertiary alicyclic amines) is 1. The van der Waals surface area contributed by atoms with Gasteiger partial charge in [-0.1, -0.05) is 0 Å². The lowest BCUT2D eigenvalue weighted by Crippen LogP contribution is -2.36. The van der Waals surface area contributed by atoms with Crippen LogP contribution in [0.3, 0.4) is 0 Å². The Balaban J connectivity index is 1.62. The summed E-state index contributed by atoms with van der Waals surface area (Å²) in [5.74, 6) is -0.00115. The van der Waals surface area contributed by atoms with Crippen molar-refractivity contribution in [1.29, 1.82) is 0 Å². The summed E-state index contributed by atoms with van der Waals surface area (Å²) in [5.41, 5.74) is 8.61. The van der Waals surface area contributed by atoms with Gasteiger partial charge in [-0.05, 0) is 45.0 Å². The SMILES string of the molecule is CCOC(=O)C1CCN(Cc2cnc3ccc(N)cn23)CC1. The molecule has 0 amide bonds. The molecule has 6 nitrogen and oxygen atoms in total. The number of fused-ring (bicyclic) bond motifs is 1. The normalized spacial score (nSPS) is 17.0. The largest absolute Gasteiger partial charge is 0.466 e. The van der Waals surface area contributed by atoms with Gasteiger partial charge in [-0.2, -0.15) is 0 Å². The summed E-state index contributed by atoms with van der Waals surface area (Å²) in [6.45, 7) is 4.93. The van der Waals surface area contributed by atoms with Gasteiger partial charge in [0.15, 0.2) is 0 Å². The number of ether oxygens (including phenoxy) is 1. The minimum Gasteiger partial charge on any atom is -0.466 e. The molecule has 2 N–H and O–H groups in total. The van der Waals surface area contributed by atoms with Gasteiger partial charge in [0.1, 0.15) is 5.65 Å². The zero-order chi connectivity index (χ0) is 15.5. The van der Waals surface area contributed by atoms with E-state index < -0.39 is 0 Å². The number of nitrogen functional groups attached to an aromatic ring is 1. The molecule has 3 heterocycles. The monoisotopic (exact) mass is 302 g/mol. The summed E-state index contributed by atoms with van der Waals surface area (Å²) in [5, 5.41) is 0. The van der Waals surface area contributed by atoms with E-state index in [1.54, 1.807) is 0 Å². The maximum absolute atomic E-state index is 11.8. The number of esters is 1. The molecule has 0 aromatic carbocycles. The average Bonchev–Trinajstić information content (AvgIpc) is 2.90. The zero-order valence-corrected chi connectivity index (χ0v) is 12.9. The second-order valence-corrected chi connectivity index (χ2v) is 5.74. The van der Waals surface area contributed by atoms with Crippen molar-refractivity contribution in [2.24, 2.45) is 5.92 Å². The Labute approximate surface area is 129 Å². The molecule has 6 heteroatoms. The van der Waals surface area contributed by atoms with Crippen molar-refractivity contribution in [1.82, 2.24) is 14.3 Å². The molecule has 1 saturated heterocycles. The summed E-state index contributed by atoms with van der Waals surface area (Å²) in [4.78, 5) is 18.5. The second-order valence-electron chi connectivity index (χ2n) is 5.74. The maximum Gasteiger partial charge on any atom is 0.309 e. The van der Waals surface area contributed by atoms with Crippen LogP contribution < -0.4 is 5.73 Å². The molecule has 2 aromatic rings. The van der Waals surface area contributed by atoms with Gasteiger partial charge in [-0.25, -0.2) is 4.98 Å². The van der Waals surface area contributed by atoms with Gasteiger partial charge in [0.25, 0.3) is 0 Å². The van der Waals surface area contributed by atoms with Gasteiger partial charge >= 0.3 is 5.97 Å². The van der Waals surface area contributed by atoms with E-state index in [0.29, 0.717) is 6.61 Å². The van der Waals surface area contributed by atoms with Crippen LogP contribution in [0.4, 0.5) is 5.69 Å². The maximum atomic E-state index is 11.8. The van der Waals surface area contributed by atoms with Gasteiger partial charge in [0.2, 0.25) is 0 Å². The number of nitrogens with two attached hydrogens (primary N) is 1. The molecule has 1 fully saturated rings. The van der Waals surface area contributed by atoms with Crippen molar-refractivity contribution in [2.75, 3.05) is 25.4 Å². The highest BCUT2D eigenvalue weighted by atomic mass is 16.5. The molecule has 0 aliphatic carbocycles. The average molecular weight is 302 g/mol. The van der Waals surface area contributed by atoms with E-state index in [4.69, 9.17) is 10.5 Å². The molecular weight excluding hydrogens is 280 g/mol. The third kappa shape index (κ3) is 3.06. The molecule has 22 heavy (non-hydrogen) atoms. The third-order valence-electron chi connectivity index (χ3n) is 4.20. The fraction of sp³-hybridized carbons (Fsp3) is 0.500. The Hall–Kier alpha value is -2.08. The molecule has 118 valence electrons. The Morgan fingerprint density at radius 2 is 2.18 bits per heavy atom. The molecule has 0 atom stereocenters. The van der Waals surface area contributed by atoms with Crippen LogP contribution in [0.25, 0.3) is 5.65 Å². The van der Waals surface area contributed by atoms with Crippen LogP contribution >= 0.6 is 0 Å². The summed E-state index contributed by atoms with van der Waals surface area (Å²) >= 11 is 0. The number of rotatable bonds is 4. The molecule has 0 bridgehead atoms. The number of piperidine rings is 1. The minimum absolute atomic E-state index is 0.0500. The number of pyridine rings is 1. The standard InChI is InChI=1S/C16H22N4O2/c1-2-22-16(21)12-5-7-19(8-6-12)11-14-9-18-15-4-3-13(17)10-20(14)15/h3-4,9-10,12H,2,5-8,11,17H2,1H3. The first-order chi connectivity index (χ1) is 10.7. The Morgan fingerprint density at radius 3 is 2.91 bits per heavy atom. The number of imidazole rings is 1. The molecule has 1 aliphatic heterocycles. The number of hydrogen-bond acceptors (Lipinski definition) is 5. The van der Waals surface area contributed by atoms with Crippen LogP contribution in [0.15, 0.2) is 24.5 Å². The molecule has 2 aromatic heterocycles. The van der Waals surface area contributed by atoms with Crippen LogP contribution in [-0.4, -0.2) is 40.0 Å². The summed E-state index contributed by atoms with van der Waals surface area (Å²) in [7, 11) is 0. The van der Waals surface area contributed by atoms with Crippen LogP contribution in [0.5, 0.6) is 0 Å². The van der Waals surface area contributed by atoms with Crippen molar-refractivity contribution < 1.29 is 9.53 Å². The first-order valence-corrected chi connectivity index (χ1v) is 7.78. The number of anilines is 1. The fourth-order valence-corrected chi connectivity index (χ4v) is 2.98. The minimum atomic E-state index is -0.0512. The third-order valence-corrected chi connectivity index (χ3v) is 4.20. The van der Waals surface area contributed by atoms with E-state index >= 15 is 0 Å². The van der Waals surface area contributed by atoms with Crippen molar-refractivity contribution in [2.45, 2.75) is 26.3 Å². The first-order valence-electron chi connectivity index (χ1n) is 7.78. The van der Waals surface area contributed by atoms with Gasteiger partial charge in [0.05, 0.1) is 24.4 Å². The first kappa shape index (κ1) is 14.8. The fourth-order valence-electron chi connectivity index (χ4n) is 2.98. The highest BCUT2D eigenvalue weighted by Crippen LogP contribution is 2.21. The van der Waals surface area contributed by atoms with E-state index in [1.807, 2.05) is 35.9 Å². The summed E-state index contributed by atoms with van der Waals surface area (Å²) in [6, 6.07) is 3.78. The molecule has 0 saturated carbocycles. The number of nitrogens with zero attached hydrogens (tertiary/aromatic N) is 3. The van der Waals surface area contributed by atoms with Crippen molar-refractivity contribution in [3.63, 3.8) is 0 Å². The molecule has 0 spiro atoms. The lowest BCUT2D eigenvalue weighted by molar-refractivity contribution is -0.149. The highest BCUT2D eigenvalue weighted by Gasteiger charge is 2.26. The van der Waals surface area contributed by atoms with E-state index in [-0.39, 0.29) is 11.9 Å². The smallest absolute Gasteiger partial charge is 0.309 e. The second kappa shape index (κ2) is 6.36. The molecule has 0 unspecified atom stereocenters. The van der Waals surface area contributed by atoms with E-state index in [0.717, 1.165) is 49.5 Å². The lowest BCUT2D eigenvalue weighted by Gasteiger charge is -2.30. The molecule has 0 radical (unpaired) electrons. The number of carbonyl (C=O) groups excluding carboxylic acids is 1. The zero-order valence-electron chi connectivity index (χ0n) is 12.9. The quantitative estimate of drug-likeness (QED) is 0.870. The van der Waals surface area contributed by atoms with Gasteiger partial charge < -0.3 is 14.9 Å². The van der Waals surface area contributed by atoms with Crippen LogP contribution in [-0.2, 0) is 16.1 Å². The van der Waals surface area contributed by atoms with Gasteiger partial charge in [0, 0.05) is 18.4 Å². The van der Waals surface area contributed by atoms with Crippen molar-refractivity contribution in [3.05, 3.63) is 30.2 Å². The summed E-state index contributed by atoms with van der Waals surface area (Å²) < 4.78 is 7.14. The predicted octanol–water partition coefficient (Wildman–Crippen LogP) is 1.69. The topological polar surface area (TPSA) is 72.9 Å². The Morgan fingerprint density at radius 1 is 1.41 bits per heavy atom. The molecular formula is C16H22N4O2. The van der Waals surface area contributed by atoms with Gasteiger partial charge in [-0.3, -0.25) is 9.69 Å².